The smallest absolute Gasteiger partial charge is 0.0834 e. The number of halogens is 1. The fourth-order valence-corrected chi connectivity index (χ4v) is 3.45. The second kappa shape index (κ2) is 5.58. The summed E-state index contributed by atoms with van der Waals surface area (Å²) in [7, 11) is 2.01. The highest BCUT2D eigenvalue weighted by atomic mass is 35.5. The molecule has 1 aromatic carbocycles. The minimum atomic E-state index is 0.228. The van der Waals surface area contributed by atoms with Gasteiger partial charge in [-0.2, -0.15) is 5.10 Å². The zero-order chi connectivity index (χ0) is 14.1. The number of likely N-dealkylation sites (N-methyl/N-ethyl adjacent to an activating group) is 1. The van der Waals surface area contributed by atoms with E-state index < -0.39 is 0 Å². The number of benzene rings is 1. The minimum absolute atomic E-state index is 0.228. The highest BCUT2D eigenvalue weighted by Crippen LogP contribution is 2.44. The molecule has 0 fully saturated rings. The van der Waals surface area contributed by atoms with Crippen LogP contribution < -0.4 is 5.32 Å². The van der Waals surface area contributed by atoms with Crippen molar-refractivity contribution in [2.24, 2.45) is 0 Å². The first-order chi connectivity index (χ1) is 9.76. The summed E-state index contributed by atoms with van der Waals surface area (Å²) in [6, 6.07) is 8.89. The molecule has 1 aliphatic carbocycles. The quantitative estimate of drug-likeness (QED) is 0.912. The zero-order valence-electron chi connectivity index (χ0n) is 11.9. The van der Waals surface area contributed by atoms with Gasteiger partial charge in [-0.15, -0.1) is 0 Å². The first-order valence-electron chi connectivity index (χ1n) is 7.22. The zero-order valence-corrected chi connectivity index (χ0v) is 12.7. The van der Waals surface area contributed by atoms with Gasteiger partial charge in [-0.3, -0.25) is 4.68 Å². The third-order valence-corrected chi connectivity index (χ3v) is 4.46. The summed E-state index contributed by atoms with van der Waals surface area (Å²) in [4.78, 5) is 0. The van der Waals surface area contributed by atoms with E-state index in [1.807, 2.05) is 11.7 Å². The average molecular weight is 290 g/mol. The number of nitrogens with zero attached hydrogens (tertiary/aromatic N) is 2. The molecule has 0 saturated heterocycles. The Hall–Kier alpha value is -1.32. The van der Waals surface area contributed by atoms with Crippen LogP contribution in [0.15, 0.2) is 30.5 Å². The van der Waals surface area contributed by atoms with E-state index in [-0.39, 0.29) is 6.04 Å². The lowest BCUT2D eigenvalue weighted by atomic mass is 9.72. The second-order valence-corrected chi connectivity index (χ2v) is 5.78. The van der Waals surface area contributed by atoms with Gasteiger partial charge in [-0.25, -0.2) is 0 Å². The van der Waals surface area contributed by atoms with Crippen LogP contribution in [0.5, 0.6) is 0 Å². The number of hydrogen-bond acceptors (Lipinski definition) is 2. The number of fused-ring (bicyclic) bond motifs is 1. The van der Waals surface area contributed by atoms with Gasteiger partial charge < -0.3 is 5.32 Å². The SMILES string of the molecule is CCCn1ncc(Cl)c1C(NC)C1Cc2ccccc21. The van der Waals surface area contributed by atoms with Gasteiger partial charge in [0.1, 0.15) is 0 Å². The van der Waals surface area contributed by atoms with Crippen LogP contribution in [0.25, 0.3) is 0 Å². The molecule has 2 atom stereocenters. The van der Waals surface area contributed by atoms with Crippen molar-refractivity contribution in [3.05, 3.63) is 52.3 Å². The van der Waals surface area contributed by atoms with Gasteiger partial charge in [0.15, 0.2) is 0 Å². The molecule has 1 aromatic heterocycles. The van der Waals surface area contributed by atoms with E-state index >= 15 is 0 Å². The first kappa shape index (κ1) is 13.7. The number of rotatable bonds is 5. The van der Waals surface area contributed by atoms with Crippen LogP contribution >= 0.6 is 11.6 Å². The Kier molecular flexibility index (Phi) is 3.81. The fraction of sp³-hybridized carbons (Fsp3) is 0.438. The second-order valence-electron chi connectivity index (χ2n) is 5.38. The molecule has 2 aromatic rings. The minimum Gasteiger partial charge on any atom is -0.311 e. The topological polar surface area (TPSA) is 29.9 Å². The summed E-state index contributed by atoms with van der Waals surface area (Å²) in [5.41, 5.74) is 4.01. The first-order valence-corrected chi connectivity index (χ1v) is 7.60. The van der Waals surface area contributed by atoms with Gasteiger partial charge >= 0.3 is 0 Å². The molecule has 2 unspecified atom stereocenters. The van der Waals surface area contributed by atoms with Crippen molar-refractivity contribution >= 4 is 11.6 Å². The largest absolute Gasteiger partial charge is 0.311 e. The molecule has 1 aliphatic rings. The van der Waals surface area contributed by atoms with Crippen molar-refractivity contribution in [2.75, 3.05) is 7.05 Å². The molecule has 4 heteroatoms. The standard InChI is InChI=1S/C16H20ClN3/c1-3-8-20-16(14(17)10-19-20)15(18-2)13-9-11-6-4-5-7-12(11)13/h4-7,10,13,15,18H,3,8-9H2,1-2H3. The third kappa shape index (κ3) is 2.15. The fourth-order valence-electron chi connectivity index (χ4n) is 3.19. The molecule has 3 nitrogen and oxygen atoms in total. The van der Waals surface area contributed by atoms with Gasteiger partial charge in [-0.05, 0) is 31.0 Å². The molecule has 106 valence electrons. The van der Waals surface area contributed by atoms with Gasteiger partial charge in [0.2, 0.25) is 0 Å². The van der Waals surface area contributed by atoms with Crippen molar-refractivity contribution in [3.8, 4) is 0 Å². The molecule has 1 N–H and O–H groups in total. The van der Waals surface area contributed by atoms with Crippen molar-refractivity contribution in [1.82, 2.24) is 15.1 Å². The van der Waals surface area contributed by atoms with E-state index in [0.29, 0.717) is 5.92 Å². The van der Waals surface area contributed by atoms with Crippen LogP contribution in [0.3, 0.4) is 0 Å². The Morgan fingerprint density at radius 3 is 2.95 bits per heavy atom. The maximum absolute atomic E-state index is 6.38. The monoisotopic (exact) mass is 289 g/mol. The van der Waals surface area contributed by atoms with E-state index in [2.05, 4.69) is 41.6 Å². The van der Waals surface area contributed by atoms with Crippen LogP contribution in [0.2, 0.25) is 5.02 Å². The Balaban J connectivity index is 1.94. The summed E-state index contributed by atoms with van der Waals surface area (Å²) in [6.07, 6.45) is 3.93. The summed E-state index contributed by atoms with van der Waals surface area (Å²) < 4.78 is 2.05. The molecular weight excluding hydrogens is 270 g/mol. The predicted molar refractivity (Wildman–Crippen MR) is 82.2 cm³/mol. The van der Waals surface area contributed by atoms with Gasteiger partial charge in [0, 0.05) is 12.5 Å². The maximum atomic E-state index is 6.38. The molecule has 20 heavy (non-hydrogen) atoms. The maximum Gasteiger partial charge on any atom is 0.0834 e. The van der Waals surface area contributed by atoms with Crippen molar-refractivity contribution < 1.29 is 0 Å². The van der Waals surface area contributed by atoms with E-state index in [0.717, 1.165) is 30.1 Å². The number of aryl methyl sites for hydroxylation is 1. The molecule has 0 radical (unpaired) electrons. The van der Waals surface area contributed by atoms with Gasteiger partial charge in [0.05, 0.1) is 23.0 Å². The van der Waals surface area contributed by atoms with Gasteiger partial charge in [-0.1, -0.05) is 42.8 Å². The number of hydrogen-bond donors (Lipinski definition) is 1. The summed E-state index contributed by atoms with van der Waals surface area (Å²) in [6.45, 7) is 3.07. The summed E-state index contributed by atoms with van der Waals surface area (Å²) in [5, 5.41) is 8.62. The molecule has 0 spiro atoms. The van der Waals surface area contributed by atoms with Crippen LogP contribution in [-0.2, 0) is 13.0 Å². The molecule has 1 heterocycles. The van der Waals surface area contributed by atoms with Crippen LogP contribution in [0, 0.1) is 0 Å². The normalized spacial score (nSPS) is 18.4. The molecule has 0 aliphatic heterocycles. The van der Waals surface area contributed by atoms with Crippen molar-refractivity contribution in [2.45, 2.75) is 38.3 Å². The molecule has 0 bridgehead atoms. The Morgan fingerprint density at radius 1 is 1.45 bits per heavy atom. The number of nitrogens with one attached hydrogen (secondary N) is 1. The Bertz CT molecular complexity index is 606. The lowest BCUT2D eigenvalue weighted by Crippen LogP contribution is -2.33. The predicted octanol–water partition coefficient (Wildman–Crippen LogP) is 3.55. The van der Waals surface area contributed by atoms with Crippen molar-refractivity contribution in [3.63, 3.8) is 0 Å². The highest BCUT2D eigenvalue weighted by molar-refractivity contribution is 6.31. The molecular formula is C16H20ClN3. The summed E-state index contributed by atoms with van der Waals surface area (Å²) in [5.74, 6) is 0.487. The van der Waals surface area contributed by atoms with Crippen molar-refractivity contribution in [1.29, 1.82) is 0 Å². The molecule has 3 rings (SSSR count). The van der Waals surface area contributed by atoms with E-state index in [1.165, 1.54) is 11.1 Å². The lowest BCUT2D eigenvalue weighted by molar-refractivity contribution is 0.404. The van der Waals surface area contributed by atoms with E-state index in [9.17, 15) is 0 Å². The third-order valence-electron chi connectivity index (χ3n) is 4.17. The van der Waals surface area contributed by atoms with Crippen LogP contribution in [0.4, 0.5) is 0 Å². The average Bonchev–Trinajstić information content (AvgIpc) is 2.78. The molecule has 0 amide bonds. The van der Waals surface area contributed by atoms with E-state index in [1.54, 1.807) is 6.20 Å². The lowest BCUT2D eigenvalue weighted by Gasteiger charge is -2.36. The Labute approximate surface area is 124 Å². The van der Waals surface area contributed by atoms with E-state index in [4.69, 9.17) is 11.6 Å². The highest BCUT2D eigenvalue weighted by Gasteiger charge is 2.35. The van der Waals surface area contributed by atoms with Crippen LogP contribution in [-0.4, -0.2) is 16.8 Å². The summed E-state index contributed by atoms with van der Waals surface area (Å²) >= 11 is 6.38. The van der Waals surface area contributed by atoms with Gasteiger partial charge in [0.25, 0.3) is 0 Å². The Morgan fingerprint density at radius 2 is 2.25 bits per heavy atom. The van der Waals surface area contributed by atoms with Crippen LogP contribution in [0.1, 0.15) is 42.1 Å². The molecule has 0 saturated carbocycles. The number of aromatic nitrogens is 2.